The second-order valence-electron chi connectivity index (χ2n) is 6.99. The standard InChI is InChI=1S/C24H23NO6/c26-19(15-29-21-9-10-22-23(12-21)31-16-30-22)13-25-24(27)18-7-4-8-20(11-18)28-14-17-5-2-1-3-6-17/h1-12,19,26H,13-16H2,(H,25,27). The number of amides is 1. The van der Waals surface area contributed by atoms with Crippen molar-refractivity contribution < 1.29 is 28.8 Å². The molecular formula is C24H23NO6. The Kier molecular flexibility index (Phi) is 6.54. The molecule has 3 aromatic rings. The van der Waals surface area contributed by atoms with Crippen molar-refractivity contribution in [3.8, 4) is 23.0 Å². The molecule has 0 bridgehead atoms. The fraction of sp³-hybridized carbons (Fsp3) is 0.208. The molecule has 3 aromatic carbocycles. The molecule has 1 aliphatic rings. The summed E-state index contributed by atoms with van der Waals surface area (Å²) in [6, 6.07) is 21.9. The number of aliphatic hydroxyl groups is 1. The van der Waals surface area contributed by atoms with Crippen molar-refractivity contribution >= 4 is 5.91 Å². The van der Waals surface area contributed by atoms with E-state index in [1.807, 2.05) is 30.3 Å². The molecule has 7 nitrogen and oxygen atoms in total. The van der Waals surface area contributed by atoms with Gasteiger partial charge in [-0.05, 0) is 35.9 Å². The third kappa shape index (κ3) is 5.67. The molecule has 0 fully saturated rings. The maximum atomic E-state index is 12.4. The zero-order valence-electron chi connectivity index (χ0n) is 16.8. The minimum Gasteiger partial charge on any atom is -0.491 e. The Morgan fingerprint density at radius 3 is 2.61 bits per heavy atom. The van der Waals surface area contributed by atoms with E-state index in [4.69, 9.17) is 18.9 Å². The predicted molar refractivity (Wildman–Crippen MR) is 114 cm³/mol. The summed E-state index contributed by atoms with van der Waals surface area (Å²) in [7, 11) is 0. The van der Waals surface area contributed by atoms with E-state index in [1.165, 1.54) is 0 Å². The number of hydrogen-bond donors (Lipinski definition) is 2. The zero-order chi connectivity index (χ0) is 21.5. The summed E-state index contributed by atoms with van der Waals surface area (Å²) in [4.78, 5) is 12.4. The molecule has 7 heteroatoms. The van der Waals surface area contributed by atoms with Gasteiger partial charge >= 0.3 is 0 Å². The van der Waals surface area contributed by atoms with E-state index in [0.29, 0.717) is 35.2 Å². The molecule has 1 heterocycles. The Hall–Kier alpha value is -3.71. The van der Waals surface area contributed by atoms with Gasteiger partial charge in [0.25, 0.3) is 5.91 Å². The van der Waals surface area contributed by atoms with Gasteiger partial charge in [-0.25, -0.2) is 0 Å². The molecule has 2 N–H and O–H groups in total. The van der Waals surface area contributed by atoms with Crippen LogP contribution >= 0.6 is 0 Å². The molecule has 0 spiro atoms. The van der Waals surface area contributed by atoms with Crippen LogP contribution in [0.2, 0.25) is 0 Å². The number of hydrogen-bond acceptors (Lipinski definition) is 6. The van der Waals surface area contributed by atoms with Gasteiger partial charge in [-0.1, -0.05) is 36.4 Å². The van der Waals surface area contributed by atoms with Gasteiger partial charge in [-0.2, -0.15) is 0 Å². The highest BCUT2D eigenvalue weighted by molar-refractivity contribution is 5.94. The van der Waals surface area contributed by atoms with E-state index in [9.17, 15) is 9.90 Å². The highest BCUT2D eigenvalue weighted by atomic mass is 16.7. The van der Waals surface area contributed by atoms with Gasteiger partial charge < -0.3 is 29.4 Å². The van der Waals surface area contributed by atoms with Crippen LogP contribution in [0.1, 0.15) is 15.9 Å². The Bertz CT molecular complexity index is 1020. The minimum absolute atomic E-state index is 0.0279. The maximum absolute atomic E-state index is 12.4. The number of carbonyl (C=O) groups is 1. The van der Waals surface area contributed by atoms with E-state index in [-0.39, 0.29) is 25.9 Å². The molecule has 0 radical (unpaired) electrons. The van der Waals surface area contributed by atoms with Crippen LogP contribution in [0.15, 0.2) is 72.8 Å². The van der Waals surface area contributed by atoms with Crippen LogP contribution in [0.4, 0.5) is 0 Å². The van der Waals surface area contributed by atoms with E-state index in [1.54, 1.807) is 42.5 Å². The summed E-state index contributed by atoms with van der Waals surface area (Å²) in [5.41, 5.74) is 1.50. The van der Waals surface area contributed by atoms with Crippen LogP contribution in [0.5, 0.6) is 23.0 Å². The molecular weight excluding hydrogens is 398 g/mol. The summed E-state index contributed by atoms with van der Waals surface area (Å²) in [5, 5.41) is 12.9. The van der Waals surface area contributed by atoms with Crippen LogP contribution in [0, 0.1) is 0 Å². The van der Waals surface area contributed by atoms with E-state index in [0.717, 1.165) is 5.56 Å². The molecule has 0 saturated carbocycles. The fourth-order valence-corrected chi connectivity index (χ4v) is 3.00. The first-order valence-electron chi connectivity index (χ1n) is 9.93. The lowest BCUT2D eigenvalue weighted by molar-refractivity contribution is 0.0843. The van der Waals surface area contributed by atoms with Crippen molar-refractivity contribution in [3.05, 3.63) is 83.9 Å². The highest BCUT2D eigenvalue weighted by Crippen LogP contribution is 2.35. The van der Waals surface area contributed by atoms with Gasteiger partial charge in [0, 0.05) is 18.2 Å². The number of carbonyl (C=O) groups excluding carboxylic acids is 1. The number of rotatable bonds is 9. The predicted octanol–water partition coefficient (Wildman–Crippen LogP) is 3.16. The van der Waals surface area contributed by atoms with Gasteiger partial charge in [0.05, 0.1) is 0 Å². The Balaban J connectivity index is 1.23. The van der Waals surface area contributed by atoms with Crippen LogP contribution in [-0.2, 0) is 6.61 Å². The molecule has 0 saturated heterocycles. The molecule has 31 heavy (non-hydrogen) atoms. The van der Waals surface area contributed by atoms with Gasteiger partial charge in [0.2, 0.25) is 6.79 Å². The van der Waals surface area contributed by atoms with Gasteiger partial charge in [0.1, 0.15) is 30.8 Å². The van der Waals surface area contributed by atoms with E-state index >= 15 is 0 Å². The average Bonchev–Trinajstić information content (AvgIpc) is 3.28. The third-order valence-corrected chi connectivity index (χ3v) is 4.63. The normalized spacial score (nSPS) is 12.8. The molecule has 1 unspecified atom stereocenters. The average molecular weight is 421 g/mol. The Morgan fingerprint density at radius 1 is 0.935 bits per heavy atom. The monoisotopic (exact) mass is 421 g/mol. The lowest BCUT2D eigenvalue weighted by Crippen LogP contribution is -2.35. The van der Waals surface area contributed by atoms with Gasteiger partial charge in [-0.3, -0.25) is 4.79 Å². The Labute approximate surface area is 180 Å². The lowest BCUT2D eigenvalue weighted by atomic mass is 10.2. The lowest BCUT2D eigenvalue weighted by Gasteiger charge is -2.14. The molecule has 1 atom stereocenters. The molecule has 4 rings (SSSR count). The van der Waals surface area contributed by atoms with Crippen LogP contribution in [-0.4, -0.2) is 37.1 Å². The first-order valence-corrected chi connectivity index (χ1v) is 9.93. The summed E-state index contributed by atoms with van der Waals surface area (Å²) in [5.74, 6) is 2.12. The first-order chi connectivity index (χ1) is 15.2. The van der Waals surface area contributed by atoms with Crippen LogP contribution in [0.25, 0.3) is 0 Å². The maximum Gasteiger partial charge on any atom is 0.251 e. The van der Waals surface area contributed by atoms with Crippen molar-refractivity contribution in [2.24, 2.45) is 0 Å². The van der Waals surface area contributed by atoms with Gasteiger partial charge in [-0.15, -0.1) is 0 Å². The minimum atomic E-state index is -0.869. The second kappa shape index (κ2) is 9.86. The van der Waals surface area contributed by atoms with Crippen molar-refractivity contribution in [2.45, 2.75) is 12.7 Å². The third-order valence-electron chi connectivity index (χ3n) is 4.63. The summed E-state index contributed by atoms with van der Waals surface area (Å²) in [6.45, 7) is 0.687. The van der Waals surface area contributed by atoms with Gasteiger partial charge in [0.15, 0.2) is 11.5 Å². The second-order valence-corrected chi connectivity index (χ2v) is 6.99. The fourth-order valence-electron chi connectivity index (χ4n) is 3.00. The topological polar surface area (TPSA) is 86.3 Å². The summed E-state index contributed by atoms with van der Waals surface area (Å²) < 4.78 is 21.9. The number of ether oxygens (including phenoxy) is 4. The summed E-state index contributed by atoms with van der Waals surface area (Å²) >= 11 is 0. The van der Waals surface area contributed by atoms with Crippen molar-refractivity contribution in [3.63, 3.8) is 0 Å². The molecule has 0 aliphatic carbocycles. The zero-order valence-corrected chi connectivity index (χ0v) is 16.8. The molecule has 0 aromatic heterocycles. The van der Waals surface area contributed by atoms with Crippen molar-refractivity contribution in [2.75, 3.05) is 19.9 Å². The first kappa shape index (κ1) is 20.6. The number of nitrogens with one attached hydrogen (secondary N) is 1. The van der Waals surface area contributed by atoms with Crippen molar-refractivity contribution in [1.29, 1.82) is 0 Å². The van der Waals surface area contributed by atoms with Crippen LogP contribution < -0.4 is 24.3 Å². The van der Waals surface area contributed by atoms with Crippen molar-refractivity contribution in [1.82, 2.24) is 5.32 Å². The van der Waals surface area contributed by atoms with E-state index in [2.05, 4.69) is 5.32 Å². The largest absolute Gasteiger partial charge is 0.491 e. The number of aliphatic hydroxyl groups excluding tert-OH is 1. The molecule has 1 amide bonds. The Morgan fingerprint density at radius 2 is 1.74 bits per heavy atom. The highest BCUT2D eigenvalue weighted by Gasteiger charge is 2.15. The molecule has 1 aliphatic heterocycles. The SMILES string of the molecule is O=C(NCC(O)COc1ccc2c(c1)OCO2)c1cccc(OCc2ccccc2)c1. The molecule has 160 valence electrons. The number of fused-ring (bicyclic) bond motifs is 1. The van der Waals surface area contributed by atoms with Crippen LogP contribution in [0.3, 0.4) is 0 Å². The smallest absolute Gasteiger partial charge is 0.251 e. The van der Waals surface area contributed by atoms with E-state index < -0.39 is 6.10 Å². The number of benzene rings is 3. The summed E-state index contributed by atoms with van der Waals surface area (Å²) in [6.07, 6.45) is -0.869. The quantitative estimate of drug-likeness (QED) is 0.552.